The summed E-state index contributed by atoms with van der Waals surface area (Å²) >= 11 is 0. The van der Waals surface area contributed by atoms with E-state index in [2.05, 4.69) is 6.58 Å². The quantitative estimate of drug-likeness (QED) is 0.547. The minimum atomic E-state index is -1.40. The van der Waals surface area contributed by atoms with Crippen LogP contribution in [0.2, 0.25) is 0 Å². The largest absolute Gasteiger partial charge is 0.488 e. The van der Waals surface area contributed by atoms with Crippen LogP contribution in [0.15, 0.2) is 43.0 Å². The summed E-state index contributed by atoms with van der Waals surface area (Å²) in [6.45, 7) is 5.64. The van der Waals surface area contributed by atoms with Gasteiger partial charge in [-0.05, 0) is 23.5 Å². The molecule has 1 aromatic carbocycles. The number of hydrogen-bond donors (Lipinski definition) is 2. The van der Waals surface area contributed by atoms with Gasteiger partial charge in [0.2, 0.25) is 0 Å². The van der Waals surface area contributed by atoms with Crippen molar-refractivity contribution >= 4 is 18.2 Å². The molecule has 0 radical (unpaired) electrons. The van der Waals surface area contributed by atoms with Crippen molar-refractivity contribution in [3.63, 3.8) is 0 Å². The van der Waals surface area contributed by atoms with Crippen molar-refractivity contribution in [2.24, 2.45) is 0 Å². The third kappa shape index (κ3) is 2.34. The Bertz CT molecular complexity index is 339. The summed E-state index contributed by atoms with van der Waals surface area (Å²) in [5, 5.41) is 17.8. The van der Waals surface area contributed by atoms with Crippen LogP contribution in [0.4, 0.5) is 0 Å². The van der Waals surface area contributed by atoms with Gasteiger partial charge < -0.3 is 10.0 Å². The highest BCUT2D eigenvalue weighted by Crippen LogP contribution is 2.13. The fraction of sp³-hybridized carbons (Fsp3) is 0.0909. The van der Waals surface area contributed by atoms with E-state index >= 15 is 0 Å². The van der Waals surface area contributed by atoms with Crippen molar-refractivity contribution in [1.29, 1.82) is 0 Å². The fourth-order valence-corrected chi connectivity index (χ4v) is 1.25. The lowest BCUT2D eigenvalue weighted by Gasteiger charge is -2.03. The van der Waals surface area contributed by atoms with Crippen molar-refractivity contribution in [2.45, 2.75) is 6.92 Å². The lowest BCUT2D eigenvalue weighted by atomic mass is 9.80. The molecule has 1 aromatic rings. The second-order valence-corrected chi connectivity index (χ2v) is 2.94. The van der Waals surface area contributed by atoms with Gasteiger partial charge >= 0.3 is 7.12 Å². The normalized spacial score (nSPS) is 11.2. The van der Waals surface area contributed by atoms with Gasteiger partial charge in [-0.1, -0.05) is 43.0 Å². The SMILES string of the molecule is C=C/C(=C\C)c1ccc(B(O)O)cc1. The first-order chi connectivity index (χ1) is 6.69. The van der Waals surface area contributed by atoms with Crippen LogP contribution in [-0.4, -0.2) is 17.2 Å². The summed E-state index contributed by atoms with van der Waals surface area (Å²) in [6, 6.07) is 7.05. The van der Waals surface area contributed by atoms with Crippen molar-refractivity contribution in [3.05, 3.63) is 48.6 Å². The molecule has 0 fully saturated rings. The summed E-state index contributed by atoms with van der Waals surface area (Å²) in [6.07, 6.45) is 3.72. The molecule has 2 nitrogen and oxygen atoms in total. The lowest BCUT2D eigenvalue weighted by molar-refractivity contribution is 0.426. The first-order valence-electron chi connectivity index (χ1n) is 4.44. The molecule has 0 bridgehead atoms. The van der Waals surface area contributed by atoms with Gasteiger partial charge in [-0.15, -0.1) is 0 Å². The maximum absolute atomic E-state index is 8.89. The topological polar surface area (TPSA) is 40.5 Å². The third-order valence-corrected chi connectivity index (χ3v) is 2.07. The van der Waals surface area contributed by atoms with Crippen LogP contribution in [0.1, 0.15) is 12.5 Å². The van der Waals surface area contributed by atoms with E-state index in [1.165, 1.54) is 0 Å². The highest BCUT2D eigenvalue weighted by molar-refractivity contribution is 6.58. The molecule has 0 unspecified atom stereocenters. The van der Waals surface area contributed by atoms with E-state index < -0.39 is 7.12 Å². The Hall–Kier alpha value is -1.32. The molecule has 0 amide bonds. The number of allylic oxidation sites excluding steroid dienone is 3. The van der Waals surface area contributed by atoms with Crippen LogP contribution < -0.4 is 5.46 Å². The first kappa shape index (κ1) is 10.8. The van der Waals surface area contributed by atoms with Crippen LogP contribution in [-0.2, 0) is 0 Å². The fourth-order valence-electron chi connectivity index (χ4n) is 1.25. The minimum Gasteiger partial charge on any atom is -0.423 e. The molecule has 0 aliphatic carbocycles. The molecule has 0 aliphatic heterocycles. The molecule has 0 heterocycles. The summed E-state index contributed by atoms with van der Waals surface area (Å²) in [4.78, 5) is 0. The van der Waals surface area contributed by atoms with Gasteiger partial charge in [0.15, 0.2) is 0 Å². The summed E-state index contributed by atoms with van der Waals surface area (Å²) < 4.78 is 0. The molecule has 14 heavy (non-hydrogen) atoms. The van der Waals surface area contributed by atoms with Gasteiger partial charge in [0.1, 0.15) is 0 Å². The molecule has 0 aromatic heterocycles. The molecule has 0 spiro atoms. The Morgan fingerprint density at radius 3 is 2.21 bits per heavy atom. The van der Waals surface area contributed by atoms with Gasteiger partial charge in [0.05, 0.1) is 0 Å². The predicted octanol–water partition coefficient (Wildman–Crippen LogP) is 0.956. The Balaban J connectivity index is 2.99. The number of hydrogen-bond acceptors (Lipinski definition) is 2. The molecular formula is C11H13BO2. The van der Waals surface area contributed by atoms with Crippen LogP contribution >= 0.6 is 0 Å². The molecular weight excluding hydrogens is 175 g/mol. The smallest absolute Gasteiger partial charge is 0.423 e. The Labute approximate surface area is 84.4 Å². The molecule has 2 N–H and O–H groups in total. The minimum absolute atomic E-state index is 0.494. The maximum Gasteiger partial charge on any atom is 0.488 e. The summed E-state index contributed by atoms with van der Waals surface area (Å²) in [5.74, 6) is 0. The van der Waals surface area contributed by atoms with Crippen molar-refractivity contribution in [2.75, 3.05) is 0 Å². The highest BCUT2D eigenvalue weighted by Gasteiger charge is 2.09. The van der Waals surface area contributed by atoms with Crippen molar-refractivity contribution in [1.82, 2.24) is 0 Å². The zero-order chi connectivity index (χ0) is 10.6. The maximum atomic E-state index is 8.89. The van der Waals surface area contributed by atoms with E-state index in [9.17, 15) is 0 Å². The van der Waals surface area contributed by atoms with E-state index in [0.717, 1.165) is 11.1 Å². The molecule has 0 atom stereocenters. The van der Waals surface area contributed by atoms with Crippen LogP contribution in [0.25, 0.3) is 5.57 Å². The lowest BCUT2D eigenvalue weighted by Crippen LogP contribution is -2.29. The van der Waals surface area contributed by atoms with Crippen LogP contribution in [0, 0.1) is 0 Å². The zero-order valence-corrected chi connectivity index (χ0v) is 8.14. The standard InChI is InChI=1S/C11H13BO2/c1-3-9(4-2)10-5-7-11(8-6-10)12(13)14/h3-8,13-14H,1H2,2H3/b9-4+. The number of rotatable bonds is 3. The van der Waals surface area contributed by atoms with Gasteiger partial charge in [-0.2, -0.15) is 0 Å². The molecule has 0 saturated heterocycles. The first-order valence-corrected chi connectivity index (χ1v) is 4.44. The van der Waals surface area contributed by atoms with E-state index in [1.807, 2.05) is 25.1 Å². The average molecular weight is 188 g/mol. The van der Waals surface area contributed by atoms with Gasteiger partial charge in [0, 0.05) is 0 Å². The Morgan fingerprint density at radius 2 is 1.86 bits per heavy atom. The Kier molecular flexibility index (Phi) is 3.68. The highest BCUT2D eigenvalue weighted by atomic mass is 16.4. The van der Waals surface area contributed by atoms with Gasteiger partial charge in [-0.3, -0.25) is 0 Å². The molecule has 3 heteroatoms. The Morgan fingerprint density at radius 1 is 1.29 bits per heavy atom. The third-order valence-electron chi connectivity index (χ3n) is 2.07. The van der Waals surface area contributed by atoms with Gasteiger partial charge in [-0.25, -0.2) is 0 Å². The van der Waals surface area contributed by atoms with E-state index in [1.54, 1.807) is 18.2 Å². The second kappa shape index (κ2) is 4.79. The van der Waals surface area contributed by atoms with Crippen LogP contribution in [0.3, 0.4) is 0 Å². The van der Waals surface area contributed by atoms with Crippen LogP contribution in [0.5, 0.6) is 0 Å². The summed E-state index contributed by atoms with van der Waals surface area (Å²) in [7, 11) is -1.40. The summed E-state index contributed by atoms with van der Waals surface area (Å²) in [5.41, 5.74) is 2.55. The molecule has 0 aliphatic rings. The molecule has 1 rings (SSSR count). The second-order valence-electron chi connectivity index (χ2n) is 2.94. The molecule has 72 valence electrons. The predicted molar refractivity (Wildman–Crippen MR) is 60.1 cm³/mol. The van der Waals surface area contributed by atoms with E-state index in [0.29, 0.717) is 5.46 Å². The average Bonchev–Trinajstić information content (AvgIpc) is 2.20. The number of benzene rings is 1. The van der Waals surface area contributed by atoms with Crippen molar-refractivity contribution in [3.8, 4) is 0 Å². The van der Waals surface area contributed by atoms with Crippen molar-refractivity contribution < 1.29 is 10.0 Å². The zero-order valence-electron chi connectivity index (χ0n) is 8.14. The molecule has 0 saturated carbocycles. The van der Waals surface area contributed by atoms with E-state index in [4.69, 9.17) is 10.0 Å². The monoisotopic (exact) mass is 188 g/mol. The van der Waals surface area contributed by atoms with Gasteiger partial charge in [0.25, 0.3) is 0 Å². The van der Waals surface area contributed by atoms with E-state index in [-0.39, 0.29) is 0 Å².